The molecular formula is C15H20N6O3. The molecule has 0 bridgehead atoms. The first-order valence-corrected chi connectivity index (χ1v) is 7.65. The number of pyridine rings is 1. The van der Waals surface area contributed by atoms with Crippen molar-refractivity contribution in [3.63, 3.8) is 0 Å². The lowest BCUT2D eigenvalue weighted by Crippen LogP contribution is -2.42. The lowest BCUT2D eigenvalue weighted by molar-refractivity contribution is -0.143. The Morgan fingerprint density at radius 2 is 2.42 bits per heavy atom. The number of esters is 1. The predicted octanol–water partition coefficient (Wildman–Crippen LogP) is -0.171. The molecule has 2 unspecified atom stereocenters. The lowest BCUT2D eigenvalue weighted by Gasteiger charge is -2.21. The van der Waals surface area contributed by atoms with Gasteiger partial charge in [-0.3, -0.25) is 20.1 Å². The maximum atomic E-state index is 11.7. The van der Waals surface area contributed by atoms with Crippen molar-refractivity contribution in [3.05, 3.63) is 30.4 Å². The Labute approximate surface area is 139 Å². The van der Waals surface area contributed by atoms with Gasteiger partial charge in [0.2, 0.25) is 11.7 Å². The zero-order valence-corrected chi connectivity index (χ0v) is 13.6. The van der Waals surface area contributed by atoms with E-state index in [4.69, 9.17) is 9.26 Å². The van der Waals surface area contributed by atoms with Gasteiger partial charge in [-0.1, -0.05) is 5.16 Å². The molecule has 128 valence electrons. The van der Waals surface area contributed by atoms with Gasteiger partial charge in [-0.2, -0.15) is 4.98 Å². The first-order chi connectivity index (χ1) is 11.7. The third kappa shape index (κ3) is 3.75. The molecule has 0 amide bonds. The van der Waals surface area contributed by atoms with Gasteiger partial charge in [0.05, 0.1) is 13.7 Å². The van der Waals surface area contributed by atoms with Crippen LogP contribution in [0.2, 0.25) is 0 Å². The molecule has 24 heavy (non-hydrogen) atoms. The van der Waals surface area contributed by atoms with Crippen LogP contribution in [-0.2, 0) is 16.1 Å². The van der Waals surface area contributed by atoms with Gasteiger partial charge >= 0.3 is 5.97 Å². The summed E-state index contributed by atoms with van der Waals surface area (Å²) in [4.78, 5) is 22.2. The maximum Gasteiger partial charge on any atom is 0.324 e. The van der Waals surface area contributed by atoms with Gasteiger partial charge in [-0.25, -0.2) is 5.43 Å². The summed E-state index contributed by atoms with van der Waals surface area (Å²) in [6.45, 7) is 1.87. The van der Waals surface area contributed by atoms with Crippen LogP contribution in [0.3, 0.4) is 0 Å². The van der Waals surface area contributed by atoms with Crippen molar-refractivity contribution in [1.82, 2.24) is 30.9 Å². The molecule has 0 radical (unpaired) electrons. The average Bonchev–Trinajstić information content (AvgIpc) is 3.24. The van der Waals surface area contributed by atoms with Crippen LogP contribution >= 0.6 is 0 Å². The summed E-state index contributed by atoms with van der Waals surface area (Å²) < 4.78 is 10.1. The molecule has 0 spiro atoms. The van der Waals surface area contributed by atoms with E-state index < -0.39 is 0 Å². The standard InChI is InChI=1S/C15H20N6O3/c1-21(8-11-7-17-19-13(11)15(22)23-2)9-12-18-14(20-24-12)10-4-3-5-16-6-10/h3-6,11,13,17,19H,7-9H2,1-2H3. The normalized spacial score (nSPS) is 20.5. The molecule has 2 aromatic heterocycles. The van der Waals surface area contributed by atoms with Gasteiger partial charge in [0, 0.05) is 37.0 Å². The summed E-state index contributed by atoms with van der Waals surface area (Å²) in [6.07, 6.45) is 3.38. The topological polar surface area (TPSA) is 105 Å². The molecule has 2 aromatic rings. The Morgan fingerprint density at radius 1 is 1.54 bits per heavy atom. The monoisotopic (exact) mass is 332 g/mol. The highest BCUT2D eigenvalue weighted by Gasteiger charge is 2.34. The highest BCUT2D eigenvalue weighted by atomic mass is 16.5. The number of hydrogen-bond donors (Lipinski definition) is 2. The van der Waals surface area contributed by atoms with Crippen LogP contribution in [-0.4, -0.2) is 59.3 Å². The second-order valence-corrected chi connectivity index (χ2v) is 5.74. The number of nitrogens with zero attached hydrogens (tertiary/aromatic N) is 4. The fraction of sp³-hybridized carbons (Fsp3) is 0.467. The zero-order valence-electron chi connectivity index (χ0n) is 13.6. The number of aromatic nitrogens is 3. The molecule has 9 heteroatoms. The summed E-state index contributed by atoms with van der Waals surface area (Å²) in [5.74, 6) is 0.867. The van der Waals surface area contributed by atoms with Crippen LogP contribution in [0.5, 0.6) is 0 Å². The SMILES string of the molecule is COC(=O)C1NNCC1CN(C)Cc1nc(-c2cccnc2)no1. The van der Waals surface area contributed by atoms with Crippen LogP contribution in [0.25, 0.3) is 11.4 Å². The molecule has 3 rings (SSSR count). The Morgan fingerprint density at radius 3 is 3.17 bits per heavy atom. The number of methoxy groups -OCH3 is 1. The summed E-state index contributed by atoms with van der Waals surface area (Å²) in [5, 5.41) is 3.98. The second kappa shape index (κ2) is 7.47. The summed E-state index contributed by atoms with van der Waals surface area (Å²) in [5.41, 5.74) is 6.75. The minimum Gasteiger partial charge on any atom is -0.468 e. The highest BCUT2D eigenvalue weighted by Crippen LogP contribution is 2.16. The molecule has 2 N–H and O–H groups in total. The van der Waals surface area contributed by atoms with Crippen molar-refractivity contribution >= 4 is 5.97 Å². The Hall–Kier alpha value is -2.36. The van der Waals surface area contributed by atoms with Crippen LogP contribution in [0.15, 0.2) is 29.0 Å². The van der Waals surface area contributed by atoms with Crippen molar-refractivity contribution < 1.29 is 14.1 Å². The lowest BCUT2D eigenvalue weighted by atomic mass is 10.0. The van der Waals surface area contributed by atoms with Gasteiger partial charge in [0.25, 0.3) is 0 Å². The van der Waals surface area contributed by atoms with Crippen LogP contribution < -0.4 is 10.9 Å². The summed E-state index contributed by atoms with van der Waals surface area (Å²) in [6, 6.07) is 3.35. The number of ether oxygens (including phenoxy) is 1. The number of carbonyl (C=O) groups excluding carboxylic acids is 1. The molecule has 0 aliphatic carbocycles. The number of rotatable bonds is 6. The smallest absolute Gasteiger partial charge is 0.324 e. The van der Waals surface area contributed by atoms with E-state index in [1.807, 2.05) is 24.1 Å². The second-order valence-electron chi connectivity index (χ2n) is 5.74. The average molecular weight is 332 g/mol. The van der Waals surface area contributed by atoms with Gasteiger partial charge < -0.3 is 9.26 Å². The third-order valence-electron chi connectivity index (χ3n) is 3.89. The largest absolute Gasteiger partial charge is 0.468 e. The minimum absolute atomic E-state index is 0.100. The molecule has 2 atom stereocenters. The van der Waals surface area contributed by atoms with E-state index in [1.165, 1.54) is 7.11 Å². The van der Waals surface area contributed by atoms with Gasteiger partial charge in [0.1, 0.15) is 6.04 Å². The van der Waals surface area contributed by atoms with Crippen LogP contribution in [0.4, 0.5) is 0 Å². The van der Waals surface area contributed by atoms with Gasteiger partial charge in [0.15, 0.2) is 0 Å². The van der Waals surface area contributed by atoms with Crippen molar-refractivity contribution in [2.45, 2.75) is 12.6 Å². The molecule has 0 saturated carbocycles. The van der Waals surface area contributed by atoms with Gasteiger partial charge in [-0.15, -0.1) is 0 Å². The molecule has 1 aliphatic rings. The Balaban J connectivity index is 1.58. The predicted molar refractivity (Wildman–Crippen MR) is 84.3 cm³/mol. The number of hydrogen-bond acceptors (Lipinski definition) is 9. The number of hydrazine groups is 1. The summed E-state index contributed by atoms with van der Waals surface area (Å²) in [7, 11) is 3.34. The fourth-order valence-corrected chi connectivity index (χ4v) is 2.71. The van der Waals surface area contributed by atoms with Gasteiger partial charge in [-0.05, 0) is 19.2 Å². The molecule has 0 aromatic carbocycles. The van der Waals surface area contributed by atoms with Crippen molar-refractivity contribution in [1.29, 1.82) is 0 Å². The zero-order chi connectivity index (χ0) is 16.9. The quantitative estimate of drug-likeness (QED) is 0.697. The first kappa shape index (κ1) is 16.5. The molecule has 9 nitrogen and oxygen atoms in total. The minimum atomic E-state index is -0.355. The van der Waals surface area contributed by atoms with Crippen LogP contribution in [0.1, 0.15) is 5.89 Å². The van der Waals surface area contributed by atoms with E-state index in [-0.39, 0.29) is 17.9 Å². The Kier molecular flexibility index (Phi) is 5.14. The summed E-state index contributed by atoms with van der Waals surface area (Å²) >= 11 is 0. The van der Waals surface area contributed by atoms with E-state index >= 15 is 0 Å². The van der Waals surface area contributed by atoms with Crippen molar-refractivity contribution in [3.8, 4) is 11.4 Å². The first-order valence-electron chi connectivity index (χ1n) is 7.65. The molecular weight excluding hydrogens is 312 g/mol. The molecule has 1 saturated heterocycles. The van der Waals surface area contributed by atoms with E-state index in [9.17, 15) is 4.79 Å². The van der Waals surface area contributed by atoms with E-state index in [1.54, 1.807) is 12.4 Å². The van der Waals surface area contributed by atoms with Crippen molar-refractivity contribution in [2.24, 2.45) is 5.92 Å². The van der Waals surface area contributed by atoms with E-state index in [0.29, 0.717) is 31.3 Å². The number of nitrogens with one attached hydrogen (secondary N) is 2. The highest BCUT2D eigenvalue weighted by molar-refractivity contribution is 5.76. The number of carbonyl (C=O) groups is 1. The molecule has 3 heterocycles. The fourth-order valence-electron chi connectivity index (χ4n) is 2.71. The van der Waals surface area contributed by atoms with Crippen LogP contribution in [0, 0.1) is 5.92 Å². The van der Waals surface area contributed by atoms with E-state index in [2.05, 4.69) is 26.0 Å². The maximum absolute atomic E-state index is 11.7. The third-order valence-corrected chi connectivity index (χ3v) is 3.89. The Bertz CT molecular complexity index is 677. The molecule has 1 aliphatic heterocycles. The molecule has 1 fully saturated rings. The van der Waals surface area contributed by atoms with Crippen molar-refractivity contribution in [2.75, 3.05) is 27.2 Å². The van der Waals surface area contributed by atoms with E-state index in [0.717, 1.165) is 5.56 Å².